The number of halogens is 1. The topological polar surface area (TPSA) is 63.7 Å². The van der Waals surface area contributed by atoms with Crippen molar-refractivity contribution in [3.63, 3.8) is 0 Å². The molecule has 1 amide bonds. The summed E-state index contributed by atoms with van der Waals surface area (Å²) < 4.78 is 12.0. The van der Waals surface area contributed by atoms with Gasteiger partial charge in [0.2, 0.25) is 5.91 Å². The molecule has 0 aliphatic carbocycles. The Morgan fingerprint density at radius 2 is 1.76 bits per heavy atom. The van der Waals surface area contributed by atoms with Crippen LogP contribution in [0.2, 0.25) is 0 Å². The predicted octanol–water partition coefficient (Wildman–Crippen LogP) is 3.05. The zero-order valence-corrected chi connectivity index (χ0v) is 18.0. The first-order valence-corrected chi connectivity index (χ1v) is 10.9. The predicted molar refractivity (Wildman–Crippen MR) is 115 cm³/mol. The SMILES string of the molecule is O=C(NCc1ccnc(N2CCOCC2)c1)C1(c2ccc(Br)cc2)CCOCC1. The van der Waals surface area contributed by atoms with Crippen molar-refractivity contribution in [3.8, 4) is 0 Å². The number of rotatable bonds is 5. The molecule has 2 aromatic rings. The van der Waals surface area contributed by atoms with Crippen LogP contribution in [-0.2, 0) is 26.2 Å². The third-order valence-corrected chi connectivity index (χ3v) is 6.30. The van der Waals surface area contributed by atoms with Crippen LogP contribution in [0.4, 0.5) is 5.82 Å². The highest BCUT2D eigenvalue weighted by Gasteiger charge is 2.41. The highest BCUT2D eigenvalue weighted by molar-refractivity contribution is 9.10. The van der Waals surface area contributed by atoms with Crippen molar-refractivity contribution in [1.29, 1.82) is 0 Å². The first-order chi connectivity index (χ1) is 14.2. The van der Waals surface area contributed by atoms with E-state index < -0.39 is 5.41 Å². The Morgan fingerprint density at radius 3 is 2.48 bits per heavy atom. The Bertz CT molecular complexity index is 831. The van der Waals surface area contributed by atoms with E-state index in [1.54, 1.807) is 0 Å². The molecule has 0 bridgehead atoms. The van der Waals surface area contributed by atoms with Crippen molar-refractivity contribution < 1.29 is 14.3 Å². The average Bonchev–Trinajstić information content (AvgIpc) is 2.79. The summed E-state index contributed by atoms with van der Waals surface area (Å²) in [4.78, 5) is 20.0. The van der Waals surface area contributed by atoms with E-state index in [2.05, 4.69) is 37.2 Å². The monoisotopic (exact) mass is 459 g/mol. The third kappa shape index (κ3) is 4.63. The number of benzene rings is 1. The van der Waals surface area contributed by atoms with Crippen LogP contribution >= 0.6 is 15.9 Å². The number of anilines is 1. The lowest BCUT2D eigenvalue weighted by Crippen LogP contribution is -2.47. The van der Waals surface area contributed by atoms with Gasteiger partial charge in [0.05, 0.1) is 18.6 Å². The van der Waals surface area contributed by atoms with Crippen LogP contribution in [0.3, 0.4) is 0 Å². The van der Waals surface area contributed by atoms with E-state index in [4.69, 9.17) is 9.47 Å². The second kappa shape index (κ2) is 9.24. The fourth-order valence-electron chi connectivity index (χ4n) is 4.02. The summed E-state index contributed by atoms with van der Waals surface area (Å²) in [6.45, 7) is 4.81. The van der Waals surface area contributed by atoms with Crippen LogP contribution < -0.4 is 10.2 Å². The molecule has 0 atom stereocenters. The number of amides is 1. The Labute approximate surface area is 179 Å². The molecular formula is C22H26BrN3O3. The van der Waals surface area contributed by atoms with Crippen LogP contribution in [0.1, 0.15) is 24.0 Å². The molecule has 2 aliphatic rings. The van der Waals surface area contributed by atoms with Gasteiger partial charge in [-0.25, -0.2) is 4.98 Å². The minimum atomic E-state index is -0.543. The number of nitrogens with one attached hydrogen (secondary N) is 1. The third-order valence-electron chi connectivity index (χ3n) is 5.78. The van der Waals surface area contributed by atoms with Crippen molar-refractivity contribution in [2.24, 2.45) is 0 Å². The summed E-state index contributed by atoms with van der Waals surface area (Å²) in [5.41, 5.74) is 1.55. The van der Waals surface area contributed by atoms with E-state index in [1.807, 2.05) is 36.5 Å². The summed E-state index contributed by atoms with van der Waals surface area (Å²) in [6, 6.07) is 12.1. The number of pyridine rings is 1. The van der Waals surface area contributed by atoms with Crippen molar-refractivity contribution in [2.75, 3.05) is 44.4 Å². The number of ether oxygens (including phenoxy) is 2. The van der Waals surface area contributed by atoms with Crippen LogP contribution in [0.5, 0.6) is 0 Å². The fourth-order valence-corrected chi connectivity index (χ4v) is 4.29. The van der Waals surface area contributed by atoms with Gasteiger partial charge in [-0.1, -0.05) is 28.1 Å². The molecule has 2 aliphatic heterocycles. The number of carbonyl (C=O) groups is 1. The second-order valence-corrected chi connectivity index (χ2v) is 8.42. The first kappa shape index (κ1) is 20.3. The lowest BCUT2D eigenvalue weighted by atomic mass is 9.73. The number of hydrogen-bond acceptors (Lipinski definition) is 5. The molecule has 0 unspecified atom stereocenters. The standard InChI is InChI=1S/C22H26BrN3O3/c23-19-3-1-18(2-4-19)22(6-11-28-12-7-22)21(27)25-16-17-5-8-24-20(15-17)26-9-13-29-14-10-26/h1-5,8,15H,6-7,9-14,16H2,(H,25,27). The lowest BCUT2D eigenvalue weighted by Gasteiger charge is -2.36. The second-order valence-electron chi connectivity index (χ2n) is 7.51. The fraction of sp³-hybridized carbons (Fsp3) is 0.455. The molecule has 0 saturated carbocycles. The molecule has 0 radical (unpaired) electrons. The van der Waals surface area contributed by atoms with Gasteiger partial charge in [-0.3, -0.25) is 4.79 Å². The van der Waals surface area contributed by atoms with Gasteiger partial charge in [-0.15, -0.1) is 0 Å². The minimum Gasteiger partial charge on any atom is -0.381 e. The van der Waals surface area contributed by atoms with Crippen LogP contribution in [0, 0.1) is 0 Å². The molecule has 3 heterocycles. The zero-order chi connectivity index (χ0) is 20.1. The first-order valence-electron chi connectivity index (χ1n) is 10.1. The van der Waals surface area contributed by atoms with Gasteiger partial charge < -0.3 is 19.7 Å². The summed E-state index contributed by atoms with van der Waals surface area (Å²) in [7, 11) is 0. The van der Waals surface area contributed by atoms with Crippen molar-refractivity contribution in [3.05, 3.63) is 58.2 Å². The Balaban J connectivity index is 1.48. The van der Waals surface area contributed by atoms with Gasteiger partial charge in [-0.05, 0) is 48.2 Å². The normalized spacial score (nSPS) is 19.0. The van der Waals surface area contributed by atoms with E-state index in [9.17, 15) is 4.79 Å². The number of carbonyl (C=O) groups excluding carboxylic acids is 1. The zero-order valence-electron chi connectivity index (χ0n) is 16.4. The van der Waals surface area contributed by atoms with Crippen molar-refractivity contribution in [1.82, 2.24) is 10.3 Å². The maximum atomic E-state index is 13.3. The quantitative estimate of drug-likeness (QED) is 0.744. The summed E-state index contributed by atoms with van der Waals surface area (Å²) in [5, 5.41) is 3.18. The summed E-state index contributed by atoms with van der Waals surface area (Å²) in [6.07, 6.45) is 3.19. The minimum absolute atomic E-state index is 0.0628. The van der Waals surface area contributed by atoms with Crippen LogP contribution in [-0.4, -0.2) is 50.4 Å². The van der Waals surface area contributed by atoms with Gasteiger partial charge in [0.15, 0.2) is 0 Å². The number of aromatic nitrogens is 1. The van der Waals surface area contributed by atoms with Crippen LogP contribution in [0.25, 0.3) is 0 Å². The maximum absolute atomic E-state index is 13.3. The van der Waals surface area contributed by atoms with E-state index in [0.29, 0.717) is 32.6 Å². The molecular weight excluding hydrogens is 434 g/mol. The molecule has 2 fully saturated rings. The van der Waals surface area contributed by atoms with E-state index in [-0.39, 0.29) is 5.91 Å². The van der Waals surface area contributed by atoms with Crippen molar-refractivity contribution in [2.45, 2.75) is 24.8 Å². The smallest absolute Gasteiger partial charge is 0.231 e. The number of nitrogens with zero attached hydrogens (tertiary/aromatic N) is 2. The summed E-state index contributed by atoms with van der Waals surface area (Å²) >= 11 is 3.48. The Hall–Kier alpha value is -1.96. The summed E-state index contributed by atoms with van der Waals surface area (Å²) in [5.74, 6) is 1.00. The highest BCUT2D eigenvalue weighted by atomic mass is 79.9. The maximum Gasteiger partial charge on any atom is 0.231 e. The molecule has 6 nitrogen and oxygen atoms in total. The molecule has 29 heavy (non-hydrogen) atoms. The molecule has 0 spiro atoms. The van der Waals surface area contributed by atoms with E-state index in [0.717, 1.165) is 47.7 Å². The lowest BCUT2D eigenvalue weighted by molar-refractivity contribution is -0.130. The molecule has 4 rings (SSSR count). The van der Waals surface area contributed by atoms with Crippen LogP contribution in [0.15, 0.2) is 47.1 Å². The van der Waals surface area contributed by atoms with E-state index in [1.165, 1.54) is 0 Å². The van der Waals surface area contributed by atoms with E-state index >= 15 is 0 Å². The molecule has 1 aromatic carbocycles. The largest absolute Gasteiger partial charge is 0.381 e. The van der Waals surface area contributed by atoms with Gasteiger partial charge in [0, 0.05) is 43.5 Å². The molecule has 1 aromatic heterocycles. The Morgan fingerprint density at radius 1 is 1.07 bits per heavy atom. The average molecular weight is 460 g/mol. The van der Waals surface area contributed by atoms with Gasteiger partial charge in [0.25, 0.3) is 0 Å². The van der Waals surface area contributed by atoms with Gasteiger partial charge in [-0.2, -0.15) is 0 Å². The van der Waals surface area contributed by atoms with Gasteiger partial charge in [0.1, 0.15) is 5.82 Å². The van der Waals surface area contributed by atoms with Crippen molar-refractivity contribution >= 4 is 27.7 Å². The molecule has 1 N–H and O–H groups in total. The molecule has 154 valence electrons. The Kier molecular flexibility index (Phi) is 6.47. The molecule has 7 heteroatoms. The highest BCUT2D eigenvalue weighted by Crippen LogP contribution is 2.36. The number of hydrogen-bond donors (Lipinski definition) is 1. The number of morpholine rings is 1. The van der Waals surface area contributed by atoms with Gasteiger partial charge >= 0.3 is 0 Å². The molecule has 2 saturated heterocycles.